The number of nitrogens with zero attached hydrogens (tertiary/aromatic N) is 3. The average molecular weight is 408 g/mol. The number of hydrogen-bond acceptors (Lipinski definition) is 3. The topological polar surface area (TPSA) is 38.1 Å². The van der Waals surface area contributed by atoms with Crippen LogP contribution in [0.4, 0.5) is 4.39 Å². The van der Waals surface area contributed by atoms with Gasteiger partial charge in [0, 0.05) is 19.2 Å². The lowest BCUT2D eigenvalue weighted by Crippen LogP contribution is -2.34. The standard InChI is InChI=1S/C20H23ClFN3OS/c1-4-8-25-17-6-5-14(22)10-16(17)23-18(25)12-24(11-13(2)3)20(26)19-15(21)7-9-27-19/h5-7,9-10,13H,4,8,11-12H2,1-3H3. The molecule has 3 rings (SSSR count). The third-order valence-corrected chi connectivity index (χ3v) is 5.58. The second kappa shape index (κ2) is 8.40. The predicted molar refractivity (Wildman–Crippen MR) is 109 cm³/mol. The molecule has 1 amide bonds. The molecule has 7 heteroatoms. The van der Waals surface area contributed by atoms with Gasteiger partial charge in [0.15, 0.2) is 0 Å². The minimum Gasteiger partial charge on any atom is -0.330 e. The lowest BCUT2D eigenvalue weighted by Gasteiger charge is -2.24. The highest BCUT2D eigenvalue weighted by atomic mass is 35.5. The number of thiophene rings is 1. The largest absolute Gasteiger partial charge is 0.330 e. The second-order valence-corrected chi connectivity index (χ2v) is 8.31. The van der Waals surface area contributed by atoms with Gasteiger partial charge in [-0.05, 0) is 35.9 Å². The number of fused-ring (bicyclic) bond motifs is 1. The van der Waals surface area contributed by atoms with E-state index in [1.807, 2.05) is 5.38 Å². The maximum Gasteiger partial charge on any atom is 0.265 e. The van der Waals surface area contributed by atoms with Crippen molar-refractivity contribution in [3.63, 3.8) is 0 Å². The van der Waals surface area contributed by atoms with E-state index in [1.54, 1.807) is 17.0 Å². The summed E-state index contributed by atoms with van der Waals surface area (Å²) >= 11 is 7.53. The number of amides is 1. The summed E-state index contributed by atoms with van der Waals surface area (Å²) in [6.45, 7) is 7.95. The summed E-state index contributed by atoms with van der Waals surface area (Å²) in [5.41, 5.74) is 1.50. The van der Waals surface area contributed by atoms with Gasteiger partial charge < -0.3 is 9.47 Å². The molecule has 27 heavy (non-hydrogen) atoms. The molecule has 2 heterocycles. The molecule has 0 aliphatic heterocycles. The van der Waals surface area contributed by atoms with E-state index in [1.165, 1.54) is 23.5 Å². The number of imidazole rings is 1. The Bertz CT molecular complexity index is 950. The van der Waals surface area contributed by atoms with Gasteiger partial charge in [-0.15, -0.1) is 11.3 Å². The lowest BCUT2D eigenvalue weighted by atomic mass is 10.2. The van der Waals surface area contributed by atoms with Crippen LogP contribution in [-0.4, -0.2) is 26.9 Å². The number of benzene rings is 1. The Kier molecular flexibility index (Phi) is 6.17. The van der Waals surface area contributed by atoms with Crippen molar-refractivity contribution < 1.29 is 9.18 Å². The van der Waals surface area contributed by atoms with Crippen LogP contribution in [0, 0.1) is 11.7 Å². The van der Waals surface area contributed by atoms with Crippen molar-refractivity contribution in [1.82, 2.24) is 14.5 Å². The van der Waals surface area contributed by atoms with Gasteiger partial charge in [0.25, 0.3) is 5.91 Å². The van der Waals surface area contributed by atoms with E-state index < -0.39 is 0 Å². The van der Waals surface area contributed by atoms with Gasteiger partial charge in [-0.1, -0.05) is 32.4 Å². The van der Waals surface area contributed by atoms with Crippen LogP contribution in [-0.2, 0) is 13.1 Å². The fraction of sp³-hybridized carbons (Fsp3) is 0.400. The third-order valence-electron chi connectivity index (χ3n) is 4.25. The van der Waals surface area contributed by atoms with E-state index >= 15 is 0 Å². The van der Waals surface area contributed by atoms with Gasteiger partial charge in [-0.3, -0.25) is 4.79 Å². The smallest absolute Gasteiger partial charge is 0.265 e. The van der Waals surface area contributed by atoms with Crippen LogP contribution in [0.2, 0.25) is 5.02 Å². The molecule has 1 aromatic carbocycles. The maximum atomic E-state index is 13.6. The van der Waals surface area contributed by atoms with Crippen molar-refractivity contribution in [3.8, 4) is 0 Å². The second-order valence-electron chi connectivity index (χ2n) is 6.99. The number of aryl methyl sites for hydroxylation is 1. The Morgan fingerprint density at radius 2 is 2.15 bits per heavy atom. The van der Waals surface area contributed by atoms with Gasteiger partial charge in [-0.2, -0.15) is 0 Å². The highest BCUT2D eigenvalue weighted by Gasteiger charge is 2.23. The summed E-state index contributed by atoms with van der Waals surface area (Å²) in [5.74, 6) is 0.661. The molecule has 0 aliphatic carbocycles. The number of hydrogen-bond donors (Lipinski definition) is 0. The zero-order valence-electron chi connectivity index (χ0n) is 15.7. The number of carbonyl (C=O) groups is 1. The summed E-state index contributed by atoms with van der Waals surface area (Å²) in [4.78, 5) is 20.0. The van der Waals surface area contributed by atoms with Crippen LogP contribution in [0.1, 0.15) is 42.7 Å². The Labute approximate surface area is 167 Å². The monoisotopic (exact) mass is 407 g/mol. The van der Waals surface area contributed by atoms with Crippen LogP contribution in [0.15, 0.2) is 29.6 Å². The summed E-state index contributed by atoms with van der Waals surface area (Å²) in [7, 11) is 0. The lowest BCUT2D eigenvalue weighted by molar-refractivity contribution is 0.0721. The third kappa shape index (κ3) is 4.33. The minimum atomic E-state index is -0.310. The Hall–Kier alpha value is -1.92. The van der Waals surface area contributed by atoms with Crippen LogP contribution in [0.25, 0.3) is 11.0 Å². The number of halogens is 2. The molecule has 2 aromatic heterocycles. The van der Waals surface area contributed by atoms with E-state index in [-0.39, 0.29) is 11.7 Å². The van der Waals surface area contributed by atoms with Gasteiger partial charge in [-0.25, -0.2) is 9.37 Å². The fourth-order valence-corrected chi connectivity index (χ4v) is 4.27. The first-order valence-corrected chi connectivity index (χ1v) is 10.3. The molecule has 144 valence electrons. The zero-order valence-corrected chi connectivity index (χ0v) is 17.3. The number of carbonyl (C=O) groups excluding carboxylic acids is 1. The molecule has 0 saturated carbocycles. The molecule has 0 saturated heterocycles. The molecule has 0 aliphatic rings. The van der Waals surface area contributed by atoms with Crippen molar-refractivity contribution in [2.45, 2.75) is 40.3 Å². The molecular formula is C20H23ClFN3OS. The minimum absolute atomic E-state index is 0.0926. The van der Waals surface area contributed by atoms with Crippen LogP contribution < -0.4 is 0 Å². The first-order valence-electron chi connectivity index (χ1n) is 9.07. The van der Waals surface area contributed by atoms with Crippen molar-refractivity contribution in [2.24, 2.45) is 5.92 Å². The molecule has 0 N–H and O–H groups in total. The summed E-state index contributed by atoms with van der Waals surface area (Å²) in [5, 5.41) is 2.29. The van der Waals surface area contributed by atoms with Crippen LogP contribution >= 0.6 is 22.9 Å². The van der Waals surface area contributed by atoms with Gasteiger partial charge >= 0.3 is 0 Å². The molecular weight excluding hydrogens is 385 g/mol. The Morgan fingerprint density at radius 1 is 1.37 bits per heavy atom. The van der Waals surface area contributed by atoms with E-state index in [9.17, 15) is 9.18 Å². The van der Waals surface area contributed by atoms with Crippen LogP contribution in [0.3, 0.4) is 0 Å². The molecule has 3 aromatic rings. The Balaban J connectivity index is 1.99. The first kappa shape index (κ1) is 19.8. The maximum absolute atomic E-state index is 13.6. The first-order chi connectivity index (χ1) is 12.9. The average Bonchev–Trinajstić information content (AvgIpc) is 3.17. The summed E-state index contributed by atoms with van der Waals surface area (Å²) < 4.78 is 15.7. The quantitative estimate of drug-likeness (QED) is 0.511. The molecule has 0 spiro atoms. The predicted octanol–water partition coefficient (Wildman–Crippen LogP) is 5.60. The van der Waals surface area contributed by atoms with Crippen molar-refractivity contribution in [1.29, 1.82) is 0 Å². The number of rotatable bonds is 7. The molecule has 4 nitrogen and oxygen atoms in total. The van der Waals surface area contributed by atoms with E-state index in [0.717, 1.165) is 24.3 Å². The summed E-state index contributed by atoms with van der Waals surface area (Å²) in [6, 6.07) is 6.38. The normalized spacial score (nSPS) is 11.5. The fourth-order valence-electron chi connectivity index (χ4n) is 3.17. The van der Waals surface area contributed by atoms with Gasteiger partial charge in [0.05, 0.1) is 22.6 Å². The zero-order chi connectivity index (χ0) is 19.6. The van der Waals surface area contributed by atoms with Crippen LogP contribution in [0.5, 0.6) is 0 Å². The molecule has 0 fully saturated rings. The molecule has 0 bridgehead atoms. The SMILES string of the molecule is CCCn1c(CN(CC(C)C)C(=O)c2sccc2Cl)nc2cc(F)ccc21. The Morgan fingerprint density at radius 3 is 2.78 bits per heavy atom. The van der Waals surface area contributed by atoms with Crippen molar-refractivity contribution >= 4 is 39.9 Å². The van der Waals surface area contributed by atoms with Crippen molar-refractivity contribution in [2.75, 3.05) is 6.54 Å². The van der Waals surface area contributed by atoms with Gasteiger partial charge in [0.1, 0.15) is 16.5 Å². The number of aromatic nitrogens is 2. The van der Waals surface area contributed by atoms with E-state index in [0.29, 0.717) is 34.4 Å². The molecule has 0 unspecified atom stereocenters. The highest BCUT2D eigenvalue weighted by Crippen LogP contribution is 2.26. The van der Waals surface area contributed by atoms with E-state index in [2.05, 4.69) is 30.3 Å². The molecule has 0 atom stereocenters. The van der Waals surface area contributed by atoms with Crippen molar-refractivity contribution in [3.05, 3.63) is 51.2 Å². The molecule has 0 radical (unpaired) electrons. The van der Waals surface area contributed by atoms with E-state index in [4.69, 9.17) is 11.6 Å². The van der Waals surface area contributed by atoms with Gasteiger partial charge in [0.2, 0.25) is 0 Å². The highest BCUT2D eigenvalue weighted by molar-refractivity contribution is 7.12. The summed E-state index contributed by atoms with van der Waals surface area (Å²) in [6.07, 6.45) is 0.921.